The summed E-state index contributed by atoms with van der Waals surface area (Å²) >= 11 is 0. The highest BCUT2D eigenvalue weighted by Crippen LogP contribution is 2.34. The molecule has 0 fully saturated rings. The average Bonchev–Trinajstić information content (AvgIpc) is 3.00. The third-order valence-electron chi connectivity index (χ3n) is 5.69. The number of carbonyl (C=O) groups is 1. The van der Waals surface area contributed by atoms with Crippen LogP contribution in [0.2, 0.25) is 0 Å². The second-order valence-corrected chi connectivity index (χ2v) is 7.92. The molecule has 1 amide bonds. The minimum Gasteiger partial charge on any atom is -0.329 e. The van der Waals surface area contributed by atoms with Crippen LogP contribution in [-0.2, 0) is 11.2 Å². The number of rotatable bonds is 5. The molecule has 1 aliphatic heterocycles. The number of carbonyl (C=O) groups excluding carboxylic acids is 1. The Morgan fingerprint density at radius 1 is 0.909 bits per heavy atom. The van der Waals surface area contributed by atoms with E-state index in [9.17, 15) is 4.79 Å². The van der Waals surface area contributed by atoms with Crippen molar-refractivity contribution in [2.24, 2.45) is 10.7 Å². The highest BCUT2D eigenvalue weighted by molar-refractivity contribution is 6.17. The number of nitrogens with one attached hydrogen (secondary N) is 1. The van der Waals surface area contributed by atoms with Gasteiger partial charge in [0.2, 0.25) is 5.91 Å². The lowest BCUT2D eigenvalue weighted by atomic mass is 9.95. The van der Waals surface area contributed by atoms with E-state index in [0.717, 1.165) is 39.2 Å². The number of nitrogens with two attached hydrogens (primary N) is 1. The smallest absolute Gasteiger partial charge is 0.239 e. The number of aromatic nitrogens is 2. The van der Waals surface area contributed by atoms with E-state index in [1.54, 1.807) is 6.20 Å². The number of nitrogens with zero attached hydrogens (tertiary/aromatic N) is 3. The molecule has 162 valence electrons. The molecule has 0 spiro atoms. The lowest BCUT2D eigenvalue weighted by Crippen LogP contribution is -2.43. The van der Waals surface area contributed by atoms with Gasteiger partial charge in [-0.3, -0.25) is 9.79 Å². The number of hydrogen-bond acceptors (Lipinski definition) is 5. The highest BCUT2D eigenvalue weighted by atomic mass is 16.2. The first-order chi connectivity index (χ1) is 16.2. The summed E-state index contributed by atoms with van der Waals surface area (Å²) in [6, 6.07) is 27.0. The van der Waals surface area contributed by atoms with Crippen LogP contribution >= 0.6 is 0 Å². The van der Waals surface area contributed by atoms with Gasteiger partial charge in [-0.05, 0) is 12.0 Å². The largest absolute Gasteiger partial charge is 0.329 e. The minimum absolute atomic E-state index is 0.277. The van der Waals surface area contributed by atoms with Crippen LogP contribution in [0.1, 0.15) is 28.4 Å². The molecule has 0 bridgehead atoms. The van der Waals surface area contributed by atoms with Crippen LogP contribution in [0.25, 0.3) is 11.3 Å². The summed E-state index contributed by atoms with van der Waals surface area (Å²) in [7, 11) is 0. The quantitative estimate of drug-likeness (QED) is 0.502. The molecule has 0 radical (unpaired) electrons. The Hall–Kier alpha value is -4.16. The fraction of sp³-hybridized carbons (Fsp3) is 0.111. The standard InChI is InChI=1S/C27H23N5O/c28-23(15-18-9-3-1-4-10-18)27(33)32-26-22-16-29-17-30-25(22)21-14-8-7-13-20(21)24(31-26)19-11-5-2-6-12-19/h1-14,16-17,23,26H,15,28H2,(H,32,33)/t23-,26+/m0/s1. The van der Waals surface area contributed by atoms with Crippen molar-refractivity contribution < 1.29 is 4.79 Å². The summed E-state index contributed by atoms with van der Waals surface area (Å²) in [5.74, 6) is -0.277. The Morgan fingerprint density at radius 3 is 2.33 bits per heavy atom. The minimum atomic E-state index is -0.707. The normalized spacial score (nSPS) is 15.4. The number of fused-ring (bicyclic) bond motifs is 3. The van der Waals surface area contributed by atoms with Crippen molar-refractivity contribution in [2.75, 3.05) is 0 Å². The highest BCUT2D eigenvalue weighted by Gasteiger charge is 2.28. The maximum atomic E-state index is 13.1. The number of amides is 1. The maximum Gasteiger partial charge on any atom is 0.239 e. The monoisotopic (exact) mass is 433 g/mol. The van der Waals surface area contributed by atoms with Crippen LogP contribution in [0.15, 0.2) is 102 Å². The van der Waals surface area contributed by atoms with Gasteiger partial charge in [-0.1, -0.05) is 84.9 Å². The van der Waals surface area contributed by atoms with Crippen LogP contribution in [0, 0.1) is 0 Å². The maximum absolute atomic E-state index is 13.1. The van der Waals surface area contributed by atoms with E-state index in [4.69, 9.17) is 10.7 Å². The molecule has 2 heterocycles. The van der Waals surface area contributed by atoms with E-state index in [1.165, 1.54) is 6.33 Å². The van der Waals surface area contributed by atoms with Crippen molar-refractivity contribution in [1.29, 1.82) is 0 Å². The van der Waals surface area contributed by atoms with Crippen molar-refractivity contribution in [3.63, 3.8) is 0 Å². The zero-order valence-electron chi connectivity index (χ0n) is 17.9. The Labute approximate surface area is 192 Å². The molecule has 33 heavy (non-hydrogen) atoms. The molecule has 3 aromatic carbocycles. The predicted octanol–water partition coefficient (Wildman–Crippen LogP) is 3.68. The molecule has 0 unspecified atom stereocenters. The fourth-order valence-corrected chi connectivity index (χ4v) is 4.07. The van der Waals surface area contributed by atoms with Gasteiger partial charge >= 0.3 is 0 Å². The average molecular weight is 434 g/mol. The molecule has 6 heteroatoms. The van der Waals surface area contributed by atoms with Gasteiger partial charge in [-0.2, -0.15) is 0 Å². The summed E-state index contributed by atoms with van der Waals surface area (Å²) in [5.41, 5.74) is 12.4. The molecule has 5 rings (SSSR count). The summed E-state index contributed by atoms with van der Waals surface area (Å²) < 4.78 is 0. The van der Waals surface area contributed by atoms with Gasteiger partial charge in [0.25, 0.3) is 0 Å². The third kappa shape index (κ3) is 4.29. The molecule has 0 saturated heterocycles. The summed E-state index contributed by atoms with van der Waals surface area (Å²) in [4.78, 5) is 26.9. The van der Waals surface area contributed by atoms with Gasteiger partial charge in [-0.15, -0.1) is 0 Å². The Kier molecular flexibility index (Phi) is 5.74. The van der Waals surface area contributed by atoms with Gasteiger partial charge in [0.05, 0.1) is 17.4 Å². The van der Waals surface area contributed by atoms with Gasteiger partial charge in [0.15, 0.2) is 6.17 Å². The van der Waals surface area contributed by atoms with E-state index in [1.807, 2.05) is 84.9 Å². The van der Waals surface area contributed by atoms with Gasteiger partial charge < -0.3 is 11.1 Å². The first-order valence-electron chi connectivity index (χ1n) is 10.8. The van der Waals surface area contributed by atoms with Crippen molar-refractivity contribution >= 4 is 11.6 Å². The molecular weight excluding hydrogens is 410 g/mol. The van der Waals surface area contributed by atoms with Crippen LogP contribution in [0.3, 0.4) is 0 Å². The Bertz CT molecular complexity index is 1300. The number of benzene rings is 3. The summed E-state index contributed by atoms with van der Waals surface area (Å²) in [5, 5.41) is 3.04. The van der Waals surface area contributed by atoms with Gasteiger partial charge in [0, 0.05) is 28.5 Å². The van der Waals surface area contributed by atoms with Crippen molar-refractivity contribution in [3.8, 4) is 11.3 Å². The second kappa shape index (κ2) is 9.14. The van der Waals surface area contributed by atoms with Gasteiger partial charge in [-0.25, -0.2) is 9.97 Å². The molecule has 4 aromatic rings. The first-order valence-corrected chi connectivity index (χ1v) is 10.8. The zero-order chi connectivity index (χ0) is 22.6. The van der Waals surface area contributed by atoms with E-state index >= 15 is 0 Å². The van der Waals surface area contributed by atoms with E-state index < -0.39 is 12.2 Å². The topological polar surface area (TPSA) is 93.3 Å². The second-order valence-electron chi connectivity index (χ2n) is 7.92. The third-order valence-corrected chi connectivity index (χ3v) is 5.69. The molecule has 1 aromatic heterocycles. The fourth-order valence-electron chi connectivity index (χ4n) is 4.07. The number of hydrogen-bond donors (Lipinski definition) is 2. The molecule has 0 saturated carbocycles. The van der Waals surface area contributed by atoms with E-state index in [-0.39, 0.29) is 5.91 Å². The van der Waals surface area contributed by atoms with E-state index in [0.29, 0.717) is 6.42 Å². The lowest BCUT2D eigenvalue weighted by Gasteiger charge is -2.19. The van der Waals surface area contributed by atoms with E-state index in [2.05, 4.69) is 15.3 Å². The van der Waals surface area contributed by atoms with Crippen LogP contribution in [-0.4, -0.2) is 27.6 Å². The first kappa shape index (κ1) is 20.7. The lowest BCUT2D eigenvalue weighted by molar-refractivity contribution is -0.123. The van der Waals surface area contributed by atoms with Crippen molar-refractivity contribution in [3.05, 3.63) is 120 Å². The van der Waals surface area contributed by atoms with Gasteiger partial charge in [0.1, 0.15) is 6.33 Å². The number of aliphatic imine (C=N–C) groups is 1. The summed E-state index contributed by atoms with van der Waals surface area (Å²) in [6.07, 6.45) is 3.00. The molecule has 2 atom stereocenters. The molecular formula is C27H23N5O. The summed E-state index contributed by atoms with van der Waals surface area (Å²) in [6.45, 7) is 0. The Balaban J connectivity index is 1.55. The van der Waals surface area contributed by atoms with Crippen molar-refractivity contribution in [2.45, 2.75) is 18.6 Å². The Morgan fingerprint density at radius 2 is 1.58 bits per heavy atom. The predicted molar refractivity (Wildman–Crippen MR) is 129 cm³/mol. The van der Waals surface area contributed by atoms with Crippen molar-refractivity contribution in [1.82, 2.24) is 15.3 Å². The SMILES string of the molecule is N[C@@H](Cc1ccccc1)C(=O)N[C@H]1N=C(c2ccccc2)c2ccccc2-c2ncncc21. The zero-order valence-corrected chi connectivity index (χ0v) is 17.9. The van der Waals surface area contributed by atoms with Crippen LogP contribution in [0.5, 0.6) is 0 Å². The molecule has 0 aliphatic carbocycles. The van der Waals surface area contributed by atoms with Crippen LogP contribution < -0.4 is 11.1 Å². The molecule has 3 N–H and O–H groups in total. The van der Waals surface area contributed by atoms with Crippen LogP contribution in [0.4, 0.5) is 0 Å². The molecule has 1 aliphatic rings. The molecule has 6 nitrogen and oxygen atoms in total.